The largest absolute Gasteiger partial charge is 0.496 e. The molecule has 0 aliphatic carbocycles. The van der Waals surface area contributed by atoms with Gasteiger partial charge in [0.2, 0.25) is 5.16 Å². The second-order valence-corrected chi connectivity index (χ2v) is 6.62. The summed E-state index contributed by atoms with van der Waals surface area (Å²) < 4.78 is 8.27. The molecule has 4 rings (SSSR count). The number of rotatable bonds is 5. The van der Waals surface area contributed by atoms with Gasteiger partial charge in [0, 0.05) is 18.0 Å². The summed E-state index contributed by atoms with van der Waals surface area (Å²) in [5.74, 6) is 7.78. The highest BCUT2D eigenvalue weighted by atomic mass is 32.2. The Morgan fingerprint density at radius 1 is 1.15 bits per heavy atom. The molecule has 0 aliphatic heterocycles. The van der Waals surface area contributed by atoms with Crippen molar-refractivity contribution in [3.8, 4) is 17.1 Å². The van der Waals surface area contributed by atoms with E-state index in [4.69, 9.17) is 10.6 Å². The van der Waals surface area contributed by atoms with Crippen LogP contribution in [0.5, 0.6) is 5.75 Å². The summed E-state index contributed by atoms with van der Waals surface area (Å²) in [6.45, 7) is 0. The summed E-state index contributed by atoms with van der Waals surface area (Å²) >= 11 is 1.36. The summed E-state index contributed by atoms with van der Waals surface area (Å²) in [7, 11) is 1.59. The lowest BCUT2D eigenvalue weighted by atomic mass is 10.2. The standard InChI is InChI=1S/C18H16N6O2S/c1-26-14-7-3-2-6-13(14)17-21-22-18(24(17)19)27-11-12-10-16(25)23-9-5-4-8-15(23)20-12/h2-10H,11,19H2,1H3. The zero-order chi connectivity index (χ0) is 18.8. The van der Waals surface area contributed by atoms with Crippen LogP contribution in [-0.4, -0.2) is 31.4 Å². The predicted octanol–water partition coefficient (Wildman–Crippen LogP) is 1.97. The summed E-state index contributed by atoms with van der Waals surface area (Å²) in [5, 5.41) is 8.85. The molecule has 0 radical (unpaired) electrons. The molecule has 2 N–H and O–H groups in total. The van der Waals surface area contributed by atoms with Crippen molar-refractivity contribution in [2.45, 2.75) is 10.9 Å². The van der Waals surface area contributed by atoms with Gasteiger partial charge < -0.3 is 10.6 Å². The van der Waals surface area contributed by atoms with Crippen LogP contribution in [0.2, 0.25) is 0 Å². The maximum Gasteiger partial charge on any atom is 0.258 e. The lowest BCUT2D eigenvalue weighted by molar-refractivity contribution is 0.416. The van der Waals surface area contributed by atoms with Gasteiger partial charge in [-0.3, -0.25) is 9.20 Å². The fraction of sp³-hybridized carbons (Fsp3) is 0.111. The van der Waals surface area contributed by atoms with E-state index in [-0.39, 0.29) is 5.56 Å². The zero-order valence-electron chi connectivity index (χ0n) is 14.4. The number of nitrogens with zero attached hydrogens (tertiary/aromatic N) is 5. The first-order valence-corrected chi connectivity index (χ1v) is 9.10. The van der Waals surface area contributed by atoms with Gasteiger partial charge in [-0.05, 0) is 24.3 Å². The minimum Gasteiger partial charge on any atom is -0.496 e. The quantitative estimate of drug-likeness (QED) is 0.417. The Hall–Kier alpha value is -3.33. The van der Waals surface area contributed by atoms with Crippen LogP contribution in [0.15, 0.2) is 64.7 Å². The molecule has 0 aliphatic rings. The minimum absolute atomic E-state index is 0.125. The molecule has 1 aromatic carbocycles. The molecule has 0 amide bonds. The molecule has 9 heteroatoms. The highest BCUT2D eigenvalue weighted by Gasteiger charge is 2.16. The Morgan fingerprint density at radius 3 is 2.81 bits per heavy atom. The topological polar surface area (TPSA) is 100 Å². The molecule has 0 fully saturated rings. The first-order valence-electron chi connectivity index (χ1n) is 8.11. The number of para-hydroxylation sites is 1. The number of hydrogen-bond donors (Lipinski definition) is 1. The van der Waals surface area contributed by atoms with E-state index >= 15 is 0 Å². The molecule has 0 saturated carbocycles. The van der Waals surface area contributed by atoms with Crippen molar-refractivity contribution >= 4 is 17.4 Å². The van der Waals surface area contributed by atoms with Gasteiger partial charge in [0.05, 0.1) is 18.4 Å². The first kappa shape index (κ1) is 17.1. The van der Waals surface area contributed by atoms with Crippen molar-refractivity contribution in [3.63, 3.8) is 0 Å². The summed E-state index contributed by atoms with van der Waals surface area (Å²) in [5.41, 5.74) is 1.88. The fourth-order valence-corrected chi connectivity index (χ4v) is 3.45. The predicted molar refractivity (Wildman–Crippen MR) is 103 cm³/mol. The third-order valence-corrected chi connectivity index (χ3v) is 4.96. The maximum atomic E-state index is 12.2. The highest BCUT2D eigenvalue weighted by Crippen LogP contribution is 2.29. The number of methoxy groups -OCH3 is 1. The molecule has 8 nitrogen and oxygen atoms in total. The summed E-state index contributed by atoms with van der Waals surface area (Å²) in [6.07, 6.45) is 1.69. The number of benzene rings is 1. The molecule has 3 aromatic heterocycles. The lowest BCUT2D eigenvalue weighted by Crippen LogP contribution is -2.15. The Labute approximate surface area is 158 Å². The van der Waals surface area contributed by atoms with Crippen molar-refractivity contribution in [1.82, 2.24) is 24.3 Å². The average molecular weight is 380 g/mol. The number of hydrogen-bond acceptors (Lipinski definition) is 7. The van der Waals surface area contributed by atoms with E-state index in [9.17, 15) is 4.79 Å². The van der Waals surface area contributed by atoms with Crippen LogP contribution in [0, 0.1) is 0 Å². The van der Waals surface area contributed by atoms with Crippen LogP contribution in [0.25, 0.3) is 17.0 Å². The number of thioether (sulfide) groups is 1. The van der Waals surface area contributed by atoms with E-state index in [1.165, 1.54) is 26.9 Å². The molecular formula is C18H16N6O2S. The van der Waals surface area contributed by atoms with E-state index in [0.29, 0.717) is 33.8 Å². The molecule has 0 saturated heterocycles. The number of fused-ring (bicyclic) bond motifs is 1. The van der Waals surface area contributed by atoms with Gasteiger partial charge in [0.1, 0.15) is 11.4 Å². The van der Waals surface area contributed by atoms with Crippen molar-refractivity contribution < 1.29 is 4.74 Å². The van der Waals surface area contributed by atoms with Gasteiger partial charge in [-0.1, -0.05) is 30.0 Å². The number of nitrogen functional groups attached to an aromatic ring is 1. The van der Waals surface area contributed by atoms with Crippen LogP contribution in [0.3, 0.4) is 0 Å². The summed E-state index contributed by atoms with van der Waals surface area (Å²) in [6, 6.07) is 14.4. The maximum absolute atomic E-state index is 12.2. The zero-order valence-corrected chi connectivity index (χ0v) is 15.3. The van der Waals surface area contributed by atoms with Crippen LogP contribution >= 0.6 is 11.8 Å². The third-order valence-electron chi connectivity index (χ3n) is 3.99. The molecule has 0 spiro atoms. The number of ether oxygens (including phenoxy) is 1. The Morgan fingerprint density at radius 2 is 1.96 bits per heavy atom. The monoisotopic (exact) mass is 380 g/mol. The smallest absolute Gasteiger partial charge is 0.258 e. The Kier molecular flexibility index (Phi) is 4.51. The van der Waals surface area contributed by atoms with Crippen LogP contribution < -0.4 is 16.1 Å². The second kappa shape index (κ2) is 7.12. The third kappa shape index (κ3) is 3.24. The summed E-state index contributed by atoms with van der Waals surface area (Å²) in [4.78, 5) is 16.7. The van der Waals surface area contributed by atoms with Crippen molar-refractivity contribution in [3.05, 3.63) is 70.8 Å². The van der Waals surface area contributed by atoms with E-state index in [2.05, 4.69) is 15.2 Å². The van der Waals surface area contributed by atoms with Gasteiger partial charge in [0.25, 0.3) is 5.56 Å². The van der Waals surface area contributed by atoms with Crippen molar-refractivity contribution in [2.75, 3.05) is 13.0 Å². The molecule has 0 atom stereocenters. The van der Waals surface area contributed by atoms with Gasteiger partial charge in [-0.25, -0.2) is 9.66 Å². The highest BCUT2D eigenvalue weighted by molar-refractivity contribution is 7.98. The number of aromatic nitrogens is 5. The normalized spacial score (nSPS) is 11.0. The second-order valence-electron chi connectivity index (χ2n) is 5.68. The van der Waals surface area contributed by atoms with Gasteiger partial charge in [0.15, 0.2) is 5.82 Å². The van der Waals surface area contributed by atoms with E-state index in [1.807, 2.05) is 30.3 Å². The van der Waals surface area contributed by atoms with Crippen LogP contribution in [-0.2, 0) is 5.75 Å². The van der Waals surface area contributed by atoms with Gasteiger partial charge >= 0.3 is 0 Å². The molecule has 27 heavy (non-hydrogen) atoms. The SMILES string of the molecule is COc1ccccc1-c1nnc(SCc2cc(=O)n3ccccc3n2)n1N. The van der Waals surface area contributed by atoms with Gasteiger partial charge in [-0.2, -0.15) is 0 Å². The molecule has 0 unspecified atom stereocenters. The fourth-order valence-electron chi connectivity index (χ4n) is 2.70. The molecule has 4 aromatic rings. The molecule has 3 heterocycles. The number of pyridine rings is 1. The first-order chi connectivity index (χ1) is 13.2. The van der Waals surface area contributed by atoms with E-state index in [1.54, 1.807) is 25.4 Å². The van der Waals surface area contributed by atoms with Crippen LogP contribution in [0.1, 0.15) is 5.69 Å². The minimum atomic E-state index is -0.125. The Balaban J connectivity index is 1.60. The van der Waals surface area contributed by atoms with Crippen LogP contribution in [0.4, 0.5) is 0 Å². The molecular weight excluding hydrogens is 364 g/mol. The number of nitrogens with two attached hydrogens (primary N) is 1. The van der Waals surface area contributed by atoms with E-state index in [0.717, 1.165) is 5.56 Å². The van der Waals surface area contributed by atoms with Crippen molar-refractivity contribution in [2.24, 2.45) is 0 Å². The lowest BCUT2D eigenvalue weighted by Gasteiger charge is -2.08. The molecule has 0 bridgehead atoms. The Bertz CT molecular complexity index is 1170. The van der Waals surface area contributed by atoms with Crippen molar-refractivity contribution in [1.29, 1.82) is 0 Å². The average Bonchev–Trinajstić information content (AvgIpc) is 3.06. The van der Waals surface area contributed by atoms with Gasteiger partial charge in [-0.15, -0.1) is 10.2 Å². The van der Waals surface area contributed by atoms with E-state index < -0.39 is 0 Å². The molecule has 136 valence electrons.